The van der Waals surface area contributed by atoms with Crippen molar-refractivity contribution in [2.45, 2.75) is 25.0 Å². The number of benzene rings is 1. The average molecular weight is 277 g/mol. The first-order valence-corrected chi connectivity index (χ1v) is 6.86. The largest absolute Gasteiger partial charge is 0.462 e. The monoisotopic (exact) mass is 277 g/mol. The summed E-state index contributed by atoms with van der Waals surface area (Å²) in [6, 6.07) is 8.66. The fourth-order valence-electron chi connectivity index (χ4n) is 1.49. The van der Waals surface area contributed by atoms with E-state index in [2.05, 4.69) is 0 Å². The molecule has 19 heavy (non-hydrogen) atoms. The minimum atomic E-state index is -0.418. The number of thioether (sulfide) groups is 1. The van der Waals surface area contributed by atoms with Gasteiger partial charge in [0.2, 0.25) is 0 Å². The number of carbonyl (C=O) groups excluding carboxylic acids is 2. The lowest BCUT2D eigenvalue weighted by Gasteiger charge is -2.10. The SMILES string of the molecule is CCC(=O)C(CCOC(=O)c1ccccc1)SC#N. The van der Waals surface area contributed by atoms with E-state index in [0.717, 1.165) is 11.8 Å². The molecule has 0 aliphatic rings. The number of nitrogens with zero attached hydrogens (tertiary/aromatic N) is 1. The summed E-state index contributed by atoms with van der Waals surface area (Å²) >= 11 is 0.921. The number of ketones is 1. The molecule has 0 amide bonds. The van der Waals surface area contributed by atoms with Crippen LogP contribution in [0.4, 0.5) is 0 Å². The van der Waals surface area contributed by atoms with Crippen LogP contribution in [-0.4, -0.2) is 23.6 Å². The van der Waals surface area contributed by atoms with E-state index in [1.54, 1.807) is 31.2 Å². The van der Waals surface area contributed by atoms with Crippen LogP contribution in [0.15, 0.2) is 30.3 Å². The van der Waals surface area contributed by atoms with E-state index >= 15 is 0 Å². The molecule has 5 heteroatoms. The lowest BCUT2D eigenvalue weighted by Crippen LogP contribution is -2.19. The molecule has 1 atom stereocenters. The topological polar surface area (TPSA) is 67.2 Å². The first-order valence-electron chi connectivity index (χ1n) is 5.98. The molecule has 0 radical (unpaired) electrons. The van der Waals surface area contributed by atoms with Gasteiger partial charge in [-0.2, -0.15) is 5.26 Å². The summed E-state index contributed by atoms with van der Waals surface area (Å²) in [4.78, 5) is 23.2. The Balaban J connectivity index is 2.42. The zero-order chi connectivity index (χ0) is 14.1. The standard InChI is InChI=1S/C14H15NO3S/c1-2-12(16)13(19-10-15)8-9-18-14(17)11-6-4-3-5-7-11/h3-7,13H,2,8-9H2,1H3. The Morgan fingerprint density at radius 2 is 2.05 bits per heavy atom. The third kappa shape index (κ3) is 5.14. The fraction of sp³-hybridized carbons (Fsp3) is 0.357. The number of nitriles is 1. The fourth-order valence-corrected chi connectivity index (χ4v) is 2.13. The maximum absolute atomic E-state index is 11.6. The van der Waals surface area contributed by atoms with Gasteiger partial charge in [0.1, 0.15) is 11.2 Å². The molecule has 100 valence electrons. The predicted molar refractivity (Wildman–Crippen MR) is 73.6 cm³/mol. The van der Waals surface area contributed by atoms with Crippen molar-refractivity contribution in [2.75, 3.05) is 6.61 Å². The molecule has 0 aliphatic heterocycles. The van der Waals surface area contributed by atoms with Gasteiger partial charge in [-0.25, -0.2) is 4.79 Å². The molecular formula is C14H15NO3S. The lowest BCUT2D eigenvalue weighted by atomic mass is 10.2. The number of Topliss-reactive ketones (excluding diaryl/α,β-unsaturated/α-hetero) is 1. The van der Waals surface area contributed by atoms with E-state index in [9.17, 15) is 9.59 Å². The van der Waals surface area contributed by atoms with Crippen molar-refractivity contribution in [3.8, 4) is 5.40 Å². The van der Waals surface area contributed by atoms with Gasteiger partial charge < -0.3 is 4.74 Å². The summed E-state index contributed by atoms with van der Waals surface area (Å²) in [7, 11) is 0. The molecule has 0 heterocycles. The highest BCUT2D eigenvalue weighted by molar-refractivity contribution is 8.04. The van der Waals surface area contributed by atoms with Gasteiger partial charge in [-0.3, -0.25) is 4.79 Å². The number of rotatable bonds is 7. The number of carbonyl (C=O) groups is 2. The van der Waals surface area contributed by atoms with Gasteiger partial charge >= 0.3 is 5.97 Å². The van der Waals surface area contributed by atoms with Crippen molar-refractivity contribution in [3.05, 3.63) is 35.9 Å². The minimum absolute atomic E-state index is 0.00214. The summed E-state index contributed by atoms with van der Waals surface area (Å²) in [6.07, 6.45) is 0.745. The van der Waals surface area contributed by atoms with Crippen LogP contribution in [0.1, 0.15) is 30.1 Å². The second-order valence-corrected chi connectivity index (χ2v) is 4.80. The van der Waals surface area contributed by atoms with Crippen LogP contribution in [0.2, 0.25) is 0 Å². The third-order valence-corrected chi connectivity index (χ3v) is 3.41. The van der Waals surface area contributed by atoms with Crippen molar-refractivity contribution in [3.63, 3.8) is 0 Å². The molecule has 1 unspecified atom stereocenters. The molecule has 0 saturated heterocycles. The summed E-state index contributed by atoms with van der Waals surface area (Å²) in [5.41, 5.74) is 0.480. The van der Waals surface area contributed by atoms with Crippen molar-refractivity contribution >= 4 is 23.5 Å². The molecular weight excluding hydrogens is 262 g/mol. The highest BCUT2D eigenvalue weighted by Crippen LogP contribution is 2.16. The van der Waals surface area contributed by atoms with Crippen molar-refractivity contribution < 1.29 is 14.3 Å². The summed E-state index contributed by atoms with van der Waals surface area (Å²) in [5, 5.41) is 10.1. The Morgan fingerprint density at radius 1 is 1.37 bits per heavy atom. The second-order valence-electron chi connectivity index (χ2n) is 3.81. The Hall–Kier alpha value is -1.80. The van der Waals surface area contributed by atoms with Gasteiger partial charge in [-0.05, 0) is 23.9 Å². The van der Waals surface area contributed by atoms with Crippen LogP contribution in [0.5, 0.6) is 0 Å². The number of thiocyanates is 1. The van der Waals surface area contributed by atoms with E-state index in [1.807, 2.05) is 11.5 Å². The van der Waals surface area contributed by atoms with Crippen molar-refractivity contribution in [1.82, 2.24) is 0 Å². The zero-order valence-corrected chi connectivity index (χ0v) is 11.5. The number of hydrogen-bond donors (Lipinski definition) is 0. The van der Waals surface area contributed by atoms with E-state index < -0.39 is 11.2 Å². The van der Waals surface area contributed by atoms with Crippen LogP contribution in [0.3, 0.4) is 0 Å². The van der Waals surface area contributed by atoms with Gasteiger partial charge in [-0.15, -0.1) is 0 Å². The zero-order valence-electron chi connectivity index (χ0n) is 10.7. The van der Waals surface area contributed by atoms with Crippen LogP contribution >= 0.6 is 11.8 Å². The van der Waals surface area contributed by atoms with Gasteiger partial charge in [0, 0.05) is 12.8 Å². The van der Waals surface area contributed by atoms with Crippen LogP contribution < -0.4 is 0 Å². The highest BCUT2D eigenvalue weighted by Gasteiger charge is 2.18. The van der Waals surface area contributed by atoms with Crippen LogP contribution in [0, 0.1) is 10.7 Å². The molecule has 0 N–H and O–H groups in total. The van der Waals surface area contributed by atoms with E-state index in [1.165, 1.54) is 0 Å². The molecule has 4 nitrogen and oxygen atoms in total. The first-order chi connectivity index (χ1) is 9.19. The predicted octanol–water partition coefficient (Wildman–Crippen LogP) is 2.80. The number of esters is 1. The highest BCUT2D eigenvalue weighted by atomic mass is 32.2. The maximum atomic E-state index is 11.6. The van der Waals surface area contributed by atoms with Crippen LogP contribution in [0.25, 0.3) is 0 Å². The smallest absolute Gasteiger partial charge is 0.338 e. The third-order valence-electron chi connectivity index (χ3n) is 2.53. The van der Waals surface area contributed by atoms with Crippen LogP contribution in [-0.2, 0) is 9.53 Å². The molecule has 1 rings (SSSR count). The molecule has 0 aliphatic carbocycles. The lowest BCUT2D eigenvalue weighted by molar-refractivity contribution is -0.118. The normalized spacial score (nSPS) is 11.4. The Bertz CT molecular complexity index is 467. The molecule has 0 bridgehead atoms. The van der Waals surface area contributed by atoms with E-state index in [-0.39, 0.29) is 12.4 Å². The molecule has 0 fully saturated rings. The Morgan fingerprint density at radius 3 is 2.63 bits per heavy atom. The number of ether oxygens (including phenoxy) is 1. The van der Waals surface area contributed by atoms with Gasteiger partial charge in [0.05, 0.1) is 17.4 Å². The molecule has 0 aromatic heterocycles. The molecule has 1 aromatic rings. The molecule has 0 saturated carbocycles. The minimum Gasteiger partial charge on any atom is -0.462 e. The van der Waals surface area contributed by atoms with E-state index in [4.69, 9.17) is 10.00 Å². The number of hydrogen-bond acceptors (Lipinski definition) is 5. The molecule has 0 spiro atoms. The van der Waals surface area contributed by atoms with Gasteiger partial charge in [-0.1, -0.05) is 25.1 Å². The quantitative estimate of drug-likeness (QED) is 0.566. The molecule has 1 aromatic carbocycles. The first kappa shape index (κ1) is 15.3. The Kier molecular flexibility index (Phi) is 6.69. The summed E-state index contributed by atoms with van der Waals surface area (Å²) in [6.45, 7) is 1.89. The van der Waals surface area contributed by atoms with Crippen molar-refractivity contribution in [1.29, 1.82) is 5.26 Å². The summed E-state index contributed by atoms with van der Waals surface area (Å²) < 4.78 is 5.09. The maximum Gasteiger partial charge on any atom is 0.338 e. The second kappa shape index (κ2) is 8.33. The van der Waals surface area contributed by atoms with Gasteiger partial charge in [0.25, 0.3) is 0 Å². The van der Waals surface area contributed by atoms with Crippen molar-refractivity contribution in [2.24, 2.45) is 0 Å². The Labute approximate surface area is 116 Å². The van der Waals surface area contributed by atoms with E-state index in [0.29, 0.717) is 18.4 Å². The van der Waals surface area contributed by atoms with Gasteiger partial charge in [0.15, 0.2) is 0 Å². The summed E-state index contributed by atoms with van der Waals surface area (Å²) in [5.74, 6) is -0.410. The average Bonchev–Trinajstić information content (AvgIpc) is 2.46.